The molecule has 1 aromatic rings. The van der Waals surface area contributed by atoms with Crippen molar-refractivity contribution in [1.82, 2.24) is 0 Å². The number of rotatable bonds is 0. The Balaban J connectivity index is 2.60. The molecule has 1 heterocycles. The van der Waals surface area contributed by atoms with Crippen LogP contribution in [-0.4, -0.2) is 11.7 Å². The molecular weight excluding hydrogens is 222 g/mol. The van der Waals surface area contributed by atoms with Gasteiger partial charge in [-0.25, -0.2) is 0 Å². The van der Waals surface area contributed by atoms with E-state index in [4.69, 9.17) is 10.5 Å². The first kappa shape index (κ1) is 7.89. The van der Waals surface area contributed by atoms with Gasteiger partial charge in [-0.1, -0.05) is 15.9 Å². The molecule has 0 aliphatic carbocycles. The summed E-state index contributed by atoms with van der Waals surface area (Å²) in [5.41, 5.74) is 6.40. The van der Waals surface area contributed by atoms with E-state index in [1.54, 1.807) is 6.07 Å². The molecule has 12 heavy (non-hydrogen) atoms. The van der Waals surface area contributed by atoms with Crippen LogP contribution in [0.25, 0.3) is 0 Å². The lowest BCUT2D eigenvalue weighted by Crippen LogP contribution is -2.10. The highest BCUT2D eigenvalue weighted by Gasteiger charge is 2.24. The molecule has 3 N–H and O–H groups in total. The van der Waals surface area contributed by atoms with Crippen LogP contribution in [0.4, 0.5) is 0 Å². The number of hydrogen-bond acceptors (Lipinski definition) is 3. The van der Waals surface area contributed by atoms with Gasteiger partial charge in [0, 0.05) is 4.47 Å². The van der Waals surface area contributed by atoms with Crippen molar-refractivity contribution in [2.24, 2.45) is 5.73 Å². The standard InChI is InChI=1S/C8H8BrNO2/c9-4-1-6(11)8-5(10)3-12-7(8)2-4/h1-2,5,11H,3,10H2/t5-/m1/s1. The summed E-state index contributed by atoms with van der Waals surface area (Å²) in [5.74, 6) is 0.874. The van der Waals surface area contributed by atoms with Crippen LogP contribution in [-0.2, 0) is 0 Å². The molecule has 1 atom stereocenters. The number of hydrogen-bond donors (Lipinski definition) is 2. The van der Waals surface area contributed by atoms with Gasteiger partial charge in [-0.05, 0) is 12.1 Å². The second-order valence-corrected chi connectivity index (χ2v) is 3.67. The molecule has 0 saturated carbocycles. The Bertz CT molecular complexity index is 327. The Hall–Kier alpha value is -0.740. The molecule has 0 unspecified atom stereocenters. The fourth-order valence-electron chi connectivity index (χ4n) is 1.33. The van der Waals surface area contributed by atoms with Crippen molar-refractivity contribution >= 4 is 15.9 Å². The number of phenols is 1. The van der Waals surface area contributed by atoms with E-state index >= 15 is 0 Å². The van der Waals surface area contributed by atoms with Gasteiger partial charge in [0.05, 0.1) is 11.6 Å². The molecule has 0 bridgehead atoms. The molecular formula is C8H8BrNO2. The predicted octanol–water partition coefficient (Wildman–Crippen LogP) is 1.55. The lowest BCUT2D eigenvalue weighted by atomic mass is 10.1. The normalized spacial score (nSPS) is 20.3. The van der Waals surface area contributed by atoms with Crippen LogP contribution in [0.2, 0.25) is 0 Å². The summed E-state index contributed by atoms with van der Waals surface area (Å²) in [6, 6.07) is 3.23. The Morgan fingerprint density at radius 3 is 3.08 bits per heavy atom. The SMILES string of the molecule is N[C@@H]1COc2cc(Br)cc(O)c21. The summed E-state index contributed by atoms with van der Waals surface area (Å²) in [6.45, 7) is 0.444. The maximum absolute atomic E-state index is 9.49. The zero-order chi connectivity index (χ0) is 8.72. The number of phenolic OH excluding ortho intramolecular Hbond substituents is 1. The first-order valence-electron chi connectivity index (χ1n) is 3.59. The highest BCUT2D eigenvalue weighted by atomic mass is 79.9. The van der Waals surface area contributed by atoms with Gasteiger partial charge in [-0.3, -0.25) is 0 Å². The fourth-order valence-corrected chi connectivity index (χ4v) is 1.76. The van der Waals surface area contributed by atoms with Crippen molar-refractivity contribution in [3.63, 3.8) is 0 Å². The van der Waals surface area contributed by atoms with E-state index in [0.717, 1.165) is 4.47 Å². The van der Waals surface area contributed by atoms with Crippen LogP contribution in [0.1, 0.15) is 11.6 Å². The van der Waals surface area contributed by atoms with Gasteiger partial charge in [0.25, 0.3) is 0 Å². The first-order chi connectivity index (χ1) is 5.68. The summed E-state index contributed by atoms with van der Waals surface area (Å²) in [5, 5.41) is 9.49. The van der Waals surface area contributed by atoms with Gasteiger partial charge >= 0.3 is 0 Å². The highest BCUT2D eigenvalue weighted by molar-refractivity contribution is 9.10. The van der Waals surface area contributed by atoms with Crippen LogP contribution in [0.3, 0.4) is 0 Å². The van der Waals surface area contributed by atoms with Crippen LogP contribution in [0, 0.1) is 0 Å². The van der Waals surface area contributed by atoms with Gasteiger partial charge < -0.3 is 15.6 Å². The maximum atomic E-state index is 9.49. The minimum absolute atomic E-state index is 0.198. The largest absolute Gasteiger partial charge is 0.507 e. The smallest absolute Gasteiger partial charge is 0.129 e. The zero-order valence-electron chi connectivity index (χ0n) is 6.25. The fraction of sp³-hybridized carbons (Fsp3) is 0.250. The van der Waals surface area contributed by atoms with E-state index in [9.17, 15) is 5.11 Å². The molecule has 0 amide bonds. The van der Waals surface area contributed by atoms with Crippen molar-refractivity contribution < 1.29 is 9.84 Å². The number of halogens is 1. The van der Waals surface area contributed by atoms with Crippen LogP contribution < -0.4 is 10.5 Å². The minimum atomic E-state index is -0.201. The van der Waals surface area contributed by atoms with Crippen molar-refractivity contribution in [1.29, 1.82) is 0 Å². The number of ether oxygens (including phenoxy) is 1. The first-order valence-corrected chi connectivity index (χ1v) is 4.38. The maximum Gasteiger partial charge on any atom is 0.129 e. The van der Waals surface area contributed by atoms with Crippen LogP contribution in [0.5, 0.6) is 11.5 Å². The van der Waals surface area contributed by atoms with E-state index in [0.29, 0.717) is 17.9 Å². The highest BCUT2D eigenvalue weighted by Crippen LogP contribution is 2.39. The molecule has 2 rings (SSSR count). The molecule has 64 valence electrons. The average Bonchev–Trinajstić information content (AvgIpc) is 2.31. The Morgan fingerprint density at radius 2 is 2.33 bits per heavy atom. The lowest BCUT2D eigenvalue weighted by molar-refractivity contribution is 0.333. The second kappa shape index (κ2) is 2.64. The van der Waals surface area contributed by atoms with Gasteiger partial charge in [-0.2, -0.15) is 0 Å². The molecule has 0 saturated heterocycles. The van der Waals surface area contributed by atoms with Gasteiger partial charge in [0.1, 0.15) is 18.1 Å². The van der Waals surface area contributed by atoms with Crippen molar-refractivity contribution in [2.45, 2.75) is 6.04 Å². The average molecular weight is 230 g/mol. The van der Waals surface area contributed by atoms with E-state index in [1.807, 2.05) is 6.07 Å². The molecule has 1 aromatic carbocycles. The molecule has 0 spiro atoms. The summed E-state index contributed by atoms with van der Waals surface area (Å²) in [6.07, 6.45) is 0. The summed E-state index contributed by atoms with van der Waals surface area (Å²) in [7, 11) is 0. The van der Waals surface area contributed by atoms with E-state index in [1.165, 1.54) is 0 Å². The van der Waals surface area contributed by atoms with Crippen LogP contribution >= 0.6 is 15.9 Å². The number of fused-ring (bicyclic) bond motifs is 1. The Morgan fingerprint density at radius 1 is 1.58 bits per heavy atom. The van der Waals surface area contributed by atoms with E-state index < -0.39 is 0 Å². The molecule has 1 aliphatic heterocycles. The molecule has 1 aliphatic rings. The summed E-state index contributed by atoms with van der Waals surface area (Å²) < 4.78 is 6.06. The van der Waals surface area contributed by atoms with Gasteiger partial charge in [-0.15, -0.1) is 0 Å². The number of benzene rings is 1. The topological polar surface area (TPSA) is 55.5 Å². The predicted molar refractivity (Wildman–Crippen MR) is 48.2 cm³/mol. The van der Waals surface area contributed by atoms with Gasteiger partial charge in [0.2, 0.25) is 0 Å². The summed E-state index contributed by atoms with van der Waals surface area (Å²) in [4.78, 5) is 0. The van der Waals surface area contributed by atoms with E-state index in [2.05, 4.69) is 15.9 Å². The molecule has 3 nitrogen and oxygen atoms in total. The number of aromatic hydroxyl groups is 1. The summed E-state index contributed by atoms with van der Waals surface area (Å²) >= 11 is 3.25. The van der Waals surface area contributed by atoms with Crippen molar-refractivity contribution in [2.75, 3.05) is 6.61 Å². The zero-order valence-corrected chi connectivity index (χ0v) is 7.84. The molecule has 0 radical (unpaired) electrons. The van der Waals surface area contributed by atoms with Crippen LogP contribution in [0.15, 0.2) is 16.6 Å². The quantitative estimate of drug-likeness (QED) is 0.710. The van der Waals surface area contributed by atoms with Crippen molar-refractivity contribution in [3.05, 3.63) is 22.2 Å². The van der Waals surface area contributed by atoms with Gasteiger partial charge in [0.15, 0.2) is 0 Å². The third kappa shape index (κ3) is 1.07. The molecule has 0 fully saturated rings. The minimum Gasteiger partial charge on any atom is -0.507 e. The monoisotopic (exact) mass is 229 g/mol. The lowest BCUT2D eigenvalue weighted by Gasteiger charge is -2.03. The Labute approximate surface area is 78.3 Å². The van der Waals surface area contributed by atoms with Crippen molar-refractivity contribution in [3.8, 4) is 11.5 Å². The molecule has 0 aromatic heterocycles. The third-order valence-corrected chi connectivity index (χ3v) is 2.33. The number of nitrogens with two attached hydrogens (primary N) is 1. The Kier molecular flexibility index (Phi) is 1.73. The van der Waals surface area contributed by atoms with E-state index in [-0.39, 0.29) is 11.8 Å². The molecule has 4 heteroatoms. The third-order valence-electron chi connectivity index (χ3n) is 1.87. The second-order valence-electron chi connectivity index (χ2n) is 2.75.